The molecule has 6 heteroatoms. The van der Waals surface area contributed by atoms with Gasteiger partial charge in [-0.2, -0.15) is 0 Å². The normalized spacial score (nSPS) is 10.7. The second-order valence-electron chi connectivity index (χ2n) is 7.66. The van der Waals surface area contributed by atoms with Crippen molar-refractivity contribution in [2.24, 2.45) is 0 Å². The van der Waals surface area contributed by atoms with Crippen molar-refractivity contribution in [1.82, 2.24) is 20.9 Å². The molecule has 4 N–H and O–H groups in total. The predicted molar refractivity (Wildman–Crippen MR) is 122 cm³/mol. The summed E-state index contributed by atoms with van der Waals surface area (Å²) < 4.78 is 0. The lowest BCUT2D eigenvalue weighted by atomic mass is 10.0. The molecule has 0 aliphatic carbocycles. The number of nitrogens with one attached hydrogen (secondary N) is 3. The van der Waals surface area contributed by atoms with Gasteiger partial charge in [-0.3, -0.25) is 4.98 Å². The van der Waals surface area contributed by atoms with Crippen molar-refractivity contribution in [3.63, 3.8) is 0 Å². The van der Waals surface area contributed by atoms with Crippen LogP contribution >= 0.6 is 0 Å². The topological polar surface area (TPSA) is 86.3 Å². The molecule has 0 saturated carbocycles. The van der Waals surface area contributed by atoms with E-state index in [0.29, 0.717) is 26.2 Å². The maximum atomic E-state index is 12.0. The van der Waals surface area contributed by atoms with Crippen LogP contribution in [0.3, 0.4) is 0 Å². The van der Waals surface area contributed by atoms with Crippen LogP contribution in [0.25, 0.3) is 0 Å². The van der Waals surface area contributed by atoms with E-state index in [0.717, 1.165) is 33.5 Å². The van der Waals surface area contributed by atoms with Gasteiger partial charge in [0.2, 0.25) is 0 Å². The molecule has 6 nitrogen and oxygen atoms in total. The minimum absolute atomic E-state index is 0.0487. The highest BCUT2D eigenvalue weighted by molar-refractivity contribution is 5.73. The van der Waals surface area contributed by atoms with E-state index in [1.165, 1.54) is 5.56 Å². The summed E-state index contributed by atoms with van der Waals surface area (Å²) in [4.78, 5) is 16.5. The first-order chi connectivity index (χ1) is 15.0. The standard InChI is InChI=1S/C25H30N4O2/c1-18-10-19(2)24(27-12-18)16-26-15-22-9-8-21(11-23(22)17-30)14-29-25(31)28-13-20-6-4-3-5-7-20/h3-12,26,30H,13-17H2,1-2H3,(H2,28,29,31). The van der Waals surface area contributed by atoms with Gasteiger partial charge in [-0.25, -0.2) is 4.79 Å². The van der Waals surface area contributed by atoms with Crippen LogP contribution in [0.15, 0.2) is 60.8 Å². The molecule has 0 aliphatic rings. The van der Waals surface area contributed by atoms with Gasteiger partial charge in [0.15, 0.2) is 0 Å². The highest BCUT2D eigenvalue weighted by Gasteiger charge is 2.07. The number of pyridine rings is 1. The third-order valence-electron chi connectivity index (χ3n) is 5.12. The van der Waals surface area contributed by atoms with Gasteiger partial charge in [-0.15, -0.1) is 0 Å². The lowest BCUT2D eigenvalue weighted by Crippen LogP contribution is -2.34. The number of hydrogen-bond acceptors (Lipinski definition) is 4. The van der Waals surface area contributed by atoms with Crippen molar-refractivity contribution in [1.29, 1.82) is 0 Å². The highest BCUT2D eigenvalue weighted by atomic mass is 16.3. The van der Waals surface area contributed by atoms with E-state index in [2.05, 4.69) is 33.9 Å². The molecule has 3 aromatic rings. The van der Waals surface area contributed by atoms with Crippen molar-refractivity contribution in [2.75, 3.05) is 0 Å². The Morgan fingerprint density at radius 3 is 2.32 bits per heavy atom. The summed E-state index contributed by atoms with van der Waals surface area (Å²) in [5.74, 6) is 0. The summed E-state index contributed by atoms with van der Waals surface area (Å²) in [7, 11) is 0. The molecule has 0 radical (unpaired) electrons. The van der Waals surface area contributed by atoms with Gasteiger partial charge in [0.25, 0.3) is 0 Å². The van der Waals surface area contributed by atoms with Crippen LogP contribution in [0.4, 0.5) is 4.79 Å². The Kier molecular flexibility index (Phi) is 8.15. The Morgan fingerprint density at radius 1 is 0.871 bits per heavy atom. The molecule has 2 aromatic carbocycles. The summed E-state index contributed by atoms with van der Waals surface area (Å²) >= 11 is 0. The molecule has 0 bridgehead atoms. The van der Waals surface area contributed by atoms with E-state index in [9.17, 15) is 9.90 Å². The van der Waals surface area contributed by atoms with Crippen molar-refractivity contribution in [2.45, 2.75) is 46.6 Å². The molecule has 31 heavy (non-hydrogen) atoms. The van der Waals surface area contributed by atoms with Crippen LogP contribution < -0.4 is 16.0 Å². The summed E-state index contributed by atoms with van der Waals surface area (Å²) in [6.07, 6.45) is 1.88. The number of hydrogen-bond donors (Lipinski definition) is 4. The van der Waals surface area contributed by atoms with Gasteiger partial charge in [0.05, 0.1) is 12.3 Å². The van der Waals surface area contributed by atoms with E-state index in [1.807, 2.05) is 61.7 Å². The number of urea groups is 1. The van der Waals surface area contributed by atoms with Crippen LogP contribution in [0.5, 0.6) is 0 Å². The minimum atomic E-state index is -0.221. The fourth-order valence-corrected chi connectivity index (χ4v) is 3.38. The lowest BCUT2D eigenvalue weighted by molar-refractivity contribution is 0.240. The average Bonchev–Trinajstić information content (AvgIpc) is 2.79. The molecule has 0 aliphatic heterocycles. The zero-order chi connectivity index (χ0) is 22.1. The maximum Gasteiger partial charge on any atom is 0.315 e. The minimum Gasteiger partial charge on any atom is -0.392 e. The van der Waals surface area contributed by atoms with Gasteiger partial charge in [-0.05, 0) is 47.2 Å². The number of amides is 2. The molecule has 0 atom stereocenters. The monoisotopic (exact) mass is 418 g/mol. The first kappa shape index (κ1) is 22.5. The molecule has 0 spiro atoms. The quantitative estimate of drug-likeness (QED) is 0.429. The number of carbonyl (C=O) groups is 1. The fraction of sp³-hybridized carbons (Fsp3) is 0.280. The number of aliphatic hydroxyl groups is 1. The molecule has 1 heterocycles. The van der Waals surface area contributed by atoms with Crippen LogP contribution in [0, 0.1) is 13.8 Å². The number of aromatic nitrogens is 1. The molecular formula is C25H30N4O2. The summed E-state index contributed by atoms with van der Waals surface area (Å²) in [5.41, 5.74) is 7.23. The van der Waals surface area contributed by atoms with Gasteiger partial charge in [0, 0.05) is 32.4 Å². The number of benzene rings is 2. The second kappa shape index (κ2) is 11.2. The molecular weight excluding hydrogens is 388 g/mol. The van der Waals surface area contributed by atoms with Gasteiger partial charge in [-0.1, -0.05) is 54.6 Å². The first-order valence-corrected chi connectivity index (χ1v) is 10.4. The van der Waals surface area contributed by atoms with E-state index in [4.69, 9.17) is 0 Å². The van der Waals surface area contributed by atoms with E-state index in [-0.39, 0.29) is 12.6 Å². The first-order valence-electron chi connectivity index (χ1n) is 10.4. The summed E-state index contributed by atoms with van der Waals surface area (Å²) in [5, 5.41) is 18.9. The largest absolute Gasteiger partial charge is 0.392 e. The predicted octanol–water partition coefficient (Wildman–Crippen LogP) is 3.48. The van der Waals surface area contributed by atoms with E-state index in [1.54, 1.807) is 0 Å². The number of rotatable bonds is 9. The van der Waals surface area contributed by atoms with Crippen molar-refractivity contribution in [3.05, 3.63) is 99.9 Å². The molecule has 3 rings (SSSR count). The Bertz CT molecular complexity index is 1010. The van der Waals surface area contributed by atoms with Crippen molar-refractivity contribution >= 4 is 6.03 Å². The third-order valence-corrected chi connectivity index (χ3v) is 5.12. The molecule has 1 aromatic heterocycles. The van der Waals surface area contributed by atoms with E-state index < -0.39 is 0 Å². The Hall–Kier alpha value is -3.22. The van der Waals surface area contributed by atoms with Crippen molar-refractivity contribution in [3.8, 4) is 0 Å². The molecule has 0 saturated heterocycles. The molecule has 2 amide bonds. The summed E-state index contributed by atoms with van der Waals surface area (Å²) in [6, 6.07) is 17.6. The summed E-state index contributed by atoms with van der Waals surface area (Å²) in [6.45, 7) is 6.23. The van der Waals surface area contributed by atoms with Gasteiger partial charge >= 0.3 is 6.03 Å². The second-order valence-corrected chi connectivity index (χ2v) is 7.66. The van der Waals surface area contributed by atoms with Gasteiger partial charge in [0.1, 0.15) is 0 Å². The lowest BCUT2D eigenvalue weighted by Gasteiger charge is -2.13. The van der Waals surface area contributed by atoms with Crippen LogP contribution in [0.2, 0.25) is 0 Å². The Morgan fingerprint density at radius 2 is 1.61 bits per heavy atom. The third kappa shape index (κ3) is 6.91. The Labute approximate surface area is 183 Å². The Balaban J connectivity index is 1.49. The highest BCUT2D eigenvalue weighted by Crippen LogP contribution is 2.13. The maximum absolute atomic E-state index is 12.0. The zero-order valence-electron chi connectivity index (χ0n) is 18.1. The average molecular weight is 419 g/mol. The number of aryl methyl sites for hydroxylation is 2. The van der Waals surface area contributed by atoms with Crippen LogP contribution in [-0.4, -0.2) is 16.1 Å². The smallest absolute Gasteiger partial charge is 0.315 e. The van der Waals surface area contributed by atoms with E-state index >= 15 is 0 Å². The molecule has 0 fully saturated rings. The SMILES string of the molecule is Cc1cnc(CNCc2ccc(CNC(=O)NCc3ccccc3)cc2CO)c(C)c1. The number of aliphatic hydroxyl groups excluding tert-OH is 1. The number of nitrogens with zero attached hydrogens (tertiary/aromatic N) is 1. The fourth-order valence-electron chi connectivity index (χ4n) is 3.38. The zero-order valence-corrected chi connectivity index (χ0v) is 18.1. The van der Waals surface area contributed by atoms with Gasteiger partial charge < -0.3 is 21.1 Å². The van der Waals surface area contributed by atoms with Crippen LogP contribution in [0.1, 0.15) is 39.1 Å². The molecule has 162 valence electrons. The van der Waals surface area contributed by atoms with Crippen molar-refractivity contribution < 1.29 is 9.90 Å². The van der Waals surface area contributed by atoms with Crippen LogP contribution in [-0.2, 0) is 32.8 Å². The molecule has 0 unspecified atom stereocenters. The number of carbonyl (C=O) groups excluding carboxylic acids is 1.